The molecule has 1 aliphatic rings. The fourth-order valence-electron chi connectivity index (χ4n) is 2.06. The molecule has 3 heteroatoms. The van der Waals surface area contributed by atoms with Gasteiger partial charge < -0.3 is 15.1 Å². The summed E-state index contributed by atoms with van der Waals surface area (Å²) in [5.41, 5.74) is 0. The van der Waals surface area contributed by atoms with Crippen LogP contribution in [0.4, 0.5) is 0 Å². The van der Waals surface area contributed by atoms with E-state index in [1.807, 2.05) is 0 Å². The smallest absolute Gasteiger partial charge is 0.0195 e. The molecule has 1 N–H and O–H groups in total. The lowest BCUT2D eigenvalue weighted by Crippen LogP contribution is -2.47. The lowest BCUT2D eigenvalue weighted by Gasteiger charge is -2.33. The average molecular weight is 199 g/mol. The minimum Gasteiger partial charge on any atom is -0.313 e. The molecule has 0 aromatic carbocycles. The molecular weight excluding hydrogens is 174 g/mol. The first-order valence-corrected chi connectivity index (χ1v) is 5.83. The minimum absolute atomic E-state index is 0.732. The van der Waals surface area contributed by atoms with Crippen LogP contribution in [0.3, 0.4) is 0 Å². The zero-order valence-electron chi connectivity index (χ0n) is 9.92. The molecule has 0 spiro atoms. The van der Waals surface area contributed by atoms with E-state index >= 15 is 0 Å². The third kappa shape index (κ3) is 4.40. The molecule has 1 heterocycles. The highest BCUT2D eigenvalue weighted by Gasteiger charge is 2.18. The molecule has 0 amide bonds. The van der Waals surface area contributed by atoms with Crippen LogP contribution in [0.25, 0.3) is 0 Å². The van der Waals surface area contributed by atoms with Gasteiger partial charge in [-0.15, -0.1) is 0 Å². The highest BCUT2D eigenvalue weighted by molar-refractivity contribution is 4.77. The maximum atomic E-state index is 3.55. The maximum Gasteiger partial charge on any atom is 0.0195 e. The predicted octanol–water partition coefficient (Wildman–Crippen LogP) is 0.622. The first-order chi connectivity index (χ1) is 6.72. The summed E-state index contributed by atoms with van der Waals surface area (Å²) < 4.78 is 0. The molecule has 1 saturated heterocycles. The Morgan fingerprint density at radius 2 is 2.21 bits per heavy atom. The van der Waals surface area contributed by atoms with Crippen LogP contribution in [0, 0.1) is 0 Å². The fourth-order valence-corrected chi connectivity index (χ4v) is 2.06. The van der Waals surface area contributed by atoms with E-state index in [1.165, 1.54) is 39.0 Å². The van der Waals surface area contributed by atoms with Gasteiger partial charge >= 0.3 is 0 Å². The Bertz CT molecular complexity index is 145. The summed E-state index contributed by atoms with van der Waals surface area (Å²) in [6, 6.07) is 0.732. The number of nitrogens with one attached hydrogen (secondary N) is 1. The Labute approximate surface area is 88.5 Å². The van der Waals surface area contributed by atoms with Gasteiger partial charge in [-0.3, -0.25) is 0 Å². The van der Waals surface area contributed by atoms with E-state index in [0.29, 0.717) is 0 Å². The van der Waals surface area contributed by atoms with Crippen LogP contribution in [-0.4, -0.2) is 62.7 Å². The molecule has 1 unspecified atom stereocenters. The summed E-state index contributed by atoms with van der Waals surface area (Å²) in [5, 5.41) is 3.55. The number of hydrogen-bond acceptors (Lipinski definition) is 3. The third-order valence-corrected chi connectivity index (χ3v) is 2.86. The molecule has 1 rings (SSSR count). The van der Waals surface area contributed by atoms with Crippen molar-refractivity contribution in [2.75, 3.05) is 46.8 Å². The second kappa shape index (κ2) is 6.38. The quantitative estimate of drug-likeness (QED) is 0.700. The second-order valence-corrected chi connectivity index (χ2v) is 4.50. The van der Waals surface area contributed by atoms with Gasteiger partial charge in [0.25, 0.3) is 0 Å². The average Bonchev–Trinajstić information content (AvgIpc) is 2.16. The predicted molar refractivity (Wildman–Crippen MR) is 61.7 cm³/mol. The Hall–Kier alpha value is -0.120. The van der Waals surface area contributed by atoms with Crippen molar-refractivity contribution in [1.29, 1.82) is 0 Å². The summed E-state index contributed by atoms with van der Waals surface area (Å²) in [6.45, 7) is 8.22. The fraction of sp³-hybridized carbons (Fsp3) is 1.00. The first-order valence-electron chi connectivity index (χ1n) is 5.83. The summed E-state index contributed by atoms with van der Waals surface area (Å²) >= 11 is 0. The van der Waals surface area contributed by atoms with Crippen LogP contribution in [0.15, 0.2) is 0 Å². The van der Waals surface area contributed by atoms with Crippen LogP contribution in [0.1, 0.15) is 19.8 Å². The van der Waals surface area contributed by atoms with Crippen molar-refractivity contribution in [3.05, 3.63) is 0 Å². The standard InChI is InChI=1S/C11H25N3/c1-4-12-11-6-5-7-14(10-11)9-8-13(2)3/h11-12H,4-10H2,1-3H3. The molecule has 0 saturated carbocycles. The van der Waals surface area contributed by atoms with Gasteiger partial charge in [0.1, 0.15) is 0 Å². The number of piperidine rings is 1. The van der Waals surface area contributed by atoms with Gasteiger partial charge in [-0.1, -0.05) is 6.92 Å². The summed E-state index contributed by atoms with van der Waals surface area (Å²) in [5.74, 6) is 0. The minimum atomic E-state index is 0.732. The van der Waals surface area contributed by atoms with Crippen molar-refractivity contribution in [2.45, 2.75) is 25.8 Å². The van der Waals surface area contributed by atoms with Gasteiger partial charge in [0.2, 0.25) is 0 Å². The van der Waals surface area contributed by atoms with E-state index in [2.05, 4.69) is 36.1 Å². The van der Waals surface area contributed by atoms with Gasteiger partial charge in [-0.05, 0) is 40.0 Å². The molecule has 0 radical (unpaired) electrons. The van der Waals surface area contributed by atoms with Crippen LogP contribution in [0.5, 0.6) is 0 Å². The van der Waals surface area contributed by atoms with E-state index in [4.69, 9.17) is 0 Å². The highest BCUT2D eigenvalue weighted by atomic mass is 15.2. The van der Waals surface area contributed by atoms with Crippen LogP contribution in [0.2, 0.25) is 0 Å². The molecule has 1 fully saturated rings. The van der Waals surface area contributed by atoms with Gasteiger partial charge in [0.05, 0.1) is 0 Å². The second-order valence-electron chi connectivity index (χ2n) is 4.50. The molecular formula is C11H25N3. The zero-order chi connectivity index (χ0) is 10.4. The van der Waals surface area contributed by atoms with Crippen LogP contribution >= 0.6 is 0 Å². The molecule has 1 atom stereocenters. The Kier molecular flexibility index (Phi) is 5.45. The maximum absolute atomic E-state index is 3.55. The SMILES string of the molecule is CCNC1CCCN(CCN(C)C)C1. The summed E-state index contributed by atoms with van der Waals surface area (Å²) in [6.07, 6.45) is 2.71. The normalized spacial score (nSPS) is 24.4. The van der Waals surface area contributed by atoms with Crippen molar-refractivity contribution in [2.24, 2.45) is 0 Å². The van der Waals surface area contributed by atoms with Crippen molar-refractivity contribution in [3.8, 4) is 0 Å². The lowest BCUT2D eigenvalue weighted by molar-refractivity contribution is 0.177. The topological polar surface area (TPSA) is 18.5 Å². The Balaban J connectivity index is 2.18. The van der Waals surface area contributed by atoms with Crippen LogP contribution in [-0.2, 0) is 0 Å². The molecule has 0 aromatic heterocycles. The van der Waals surface area contributed by atoms with Gasteiger partial charge in [-0.25, -0.2) is 0 Å². The summed E-state index contributed by atoms with van der Waals surface area (Å²) in [7, 11) is 4.29. The van der Waals surface area contributed by atoms with Crippen LogP contribution < -0.4 is 5.32 Å². The summed E-state index contributed by atoms with van der Waals surface area (Å²) in [4.78, 5) is 4.84. The van der Waals surface area contributed by atoms with E-state index in [0.717, 1.165) is 12.6 Å². The van der Waals surface area contributed by atoms with Gasteiger partial charge in [-0.2, -0.15) is 0 Å². The molecule has 1 aliphatic heterocycles. The number of likely N-dealkylation sites (N-methyl/N-ethyl adjacent to an activating group) is 2. The number of rotatable bonds is 5. The molecule has 0 bridgehead atoms. The monoisotopic (exact) mass is 199 g/mol. The number of hydrogen-bond donors (Lipinski definition) is 1. The third-order valence-electron chi connectivity index (χ3n) is 2.86. The number of likely N-dealkylation sites (tertiary alicyclic amines) is 1. The van der Waals surface area contributed by atoms with Crippen molar-refractivity contribution >= 4 is 0 Å². The number of nitrogens with zero attached hydrogens (tertiary/aromatic N) is 2. The van der Waals surface area contributed by atoms with Gasteiger partial charge in [0, 0.05) is 25.7 Å². The lowest BCUT2D eigenvalue weighted by atomic mass is 10.1. The van der Waals surface area contributed by atoms with E-state index in [-0.39, 0.29) is 0 Å². The van der Waals surface area contributed by atoms with E-state index < -0.39 is 0 Å². The molecule has 0 aromatic rings. The first kappa shape index (κ1) is 12.0. The zero-order valence-corrected chi connectivity index (χ0v) is 9.92. The highest BCUT2D eigenvalue weighted by Crippen LogP contribution is 2.09. The van der Waals surface area contributed by atoms with Crippen molar-refractivity contribution in [1.82, 2.24) is 15.1 Å². The Morgan fingerprint density at radius 3 is 2.86 bits per heavy atom. The largest absolute Gasteiger partial charge is 0.313 e. The Morgan fingerprint density at radius 1 is 1.43 bits per heavy atom. The van der Waals surface area contributed by atoms with Gasteiger partial charge in [0.15, 0.2) is 0 Å². The van der Waals surface area contributed by atoms with E-state index in [1.54, 1.807) is 0 Å². The van der Waals surface area contributed by atoms with E-state index in [9.17, 15) is 0 Å². The molecule has 14 heavy (non-hydrogen) atoms. The van der Waals surface area contributed by atoms with Crippen molar-refractivity contribution < 1.29 is 0 Å². The van der Waals surface area contributed by atoms with Crippen molar-refractivity contribution in [3.63, 3.8) is 0 Å². The molecule has 0 aliphatic carbocycles. The molecule has 84 valence electrons. The molecule has 3 nitrogen and oxygen atoms in total.